The van der Waals surface area contributed by atoms with Crippen LogP contribution >= 0.6 is 0 Å². The summed E-state index contributed by atoms with van der Waals surface area (Å²) in [7, 11) is 0. The van der Waals surface area contributed by atoms with Crippen LogP contribution in [0.5, 0.6) is 0 Å². The summed E-state index contributed by atoms with van der Waals surface area (Å²) in [5, 5.41) is 21.6. The van der Waals surface area contributed by atoms with Crippen LogP contribution in [0.1, 0.15) is 98.8 Å². The predicted molar refractivity (Wildman–Crippen MR) is 179 cm³/mol. The van der Waals surface area contributed by atoms with Crippen LogP contribution in [0.15, 0.2) is 11.6 Å². The average Bonchev–Trinajstić information content (AvgIpc) is 3.00. The van der Waals surface area contributed by atoms with Gasteiger partial charge in [-0.1, -0.05) is 40.2 Å². The fourth-order valence-corrected chi connectivity index (χ4v) is 11.5. The molecule has 5 aliphatic rings. The van der Waals surface area contributed by atoms with E-state index in [0.29, 0.717) is 51.9 Å². The molecule has 4 saturated carbocycles. The number of carboxylic acids is 2. The lowest BCUT2D eigenvalue weighted by atomic mass is 9.36. The van der Waals surface area contributed by atoms with E-state index in [1.165, 1.54) is 5.57 Å². The molecule has 5 aliphatic carbocycles. The van der Waals surface area contributed by atoms with Gasteiger partial charge in [0.05, 0.1) is 52.0 Å². The fraction of sp³-hybridized carbons (Fsp3) is 0.842. The number of carboxylic acid groups (broad SMARTS) is 2. The molecule has 10 nitrogen and oxygen atoms in total. The van der Waals surface area contributed by atoms with E-state index in [1.54, 1.807) is 0 Å². The fourth-order valence-electron chi connectivity index (χ4n) is 11.5. The van der Waals surface area contributed by atoms with Crippen molar-refractivity contribution in [1.82, 2.24) is 5.32 Å². The van der Waals surface area contributed by atoms with E-state index in [9.17, 15) is 24.3 Å². The SMILES string of the molecule is CC12CCC(C(=O)O)CC1C1=CC(=O)C3C(C)(CCC4C(C)(C)C(C(=O)NCCOCCOCCOCCC(=O)O)CCC43C)C1CC2. The molecule has 0 aromatic rings. The first-order chi connectivity index (χ1) is 22.6. The van der Waals surface area contributed by atoms with Crippen LogP contribution in [-0.4, -0.2) is 80.0 Å². The molecule has 4 fully saturated rings. The number of carbonyl (C=O) groups is 4. The van der Waals surface area contributed by atoms with Crippen LogP contribution in [0.25, 0.3) is 0 Å². The number of nitrogens with one attached hydrogen (secondary N) is 1. The number of aliphatic carboxylic acids is 2. The minimum atomic E-state index is -0.887. The third-order valence-corrected chi connectivity index (χ3v) is 13.9. The molecule has 0 spiro atoms. The Bertz CT molecular complexity index is 1260. The highest BCUT2D eigenvalue weighted by Gasteiger charge is 2.67. The molecule has 0 bridgehead atoms. The van der Waals surface area contributed by atoms with Gasteiger partial charge < -0.3 is 29.7 Å². The van der Waals surface area contributed by atoms with E-state index < -0.39 is 11.9 Å². The molecule has 0 heterocycles. The normalized spacial score (nSPS) is 38.4. The van der Waals surface area contributed by atoms with Gasteiger partial charge in [-0.2, -0.15) is 0 Å². The monoisotopic (exact) mass is 673 g/mol. The number of rotatable bonds is 14. The van der Waals surface area contributed by atoms with Crippen LogP contribution in [0.3, 0.4) is 0 Å². The lowest BCUT2D eigenvalue weighted by Gasteiger charge is -2.67. The van der Waals surface area contributed by atoms with Crippen molar-refractivity contribution in [1.29, 1.82) is 0 Å². The summed E-state index contributed by atoms with van der Waals surface area (Å²) in [6.07, 6.45) is 9.97. The van der Waals surface area contributed by atoms with Gasteiger partial charge in [0.25, 0.3) is 0 Å². The molecule has 48 heavy (non-hydrogen) atoms. The summed E-state index contributed by atoms with van der Waals surface area (Å²) >= 11 is 0. The Hall–Kier alpha value is -2.30. The Morgan fingerprint density at radius 2 is 1.42 bits per heavy atom. The predicted octanol–water partition coefficient (Wildman–Crippen LogP) is 5.53. The van der Waals surface area contributed by atoms with E-state index in [2.05, 4.69) is 39.9 Å². The van der Waals surface area contributed by atoms with Crippen LogP contribution < -0.4 is 5.32 Å². The summed E-state index contributed by atoms with van der Waals surface area (Å²) in [6, 6.07) is 0. The standard InChI is InChI=1S/C38H59NO9/c1-35(2)27(33(43)39-15-17-47-19-21-48-20-18-46-16-10-31(41)42)8-13-38(5)30(35)9-14-37(4)26-7-12-36(3)11-6-24(34(44)45)22-28(36)25(26)23-29(40)32(37)38/h23-24,26-28,30,32H,6-22H2,1-5H3,(H,39,43)(H,41,42)(H,44,45). The third kappa shape index (κ3) is 7.00. The molecule has 3 N–H and O–H groups in total. The number of fused-ring (bicyclic) bond motifs is 7. The van der Waals surface area contributed by atoms with Crippen LogP contribution in [0.2, 0.25) is 0 Å². The second-order valence-electron chi connectivity index (χ2n) is 16.9. The molecule has 0 saturated heterocycles. The van der Waals surface area contributed by atoms with Crippen molar-refractivity contribution in [2.75, 3.05) is 46.2 Å². The van der Waals surface area contributed by atoms with Gasteiger partial charge in [0, 0.05) is 18.4 Å². The quantitative estimate of drug-likeness (QED) is 0.203. The Labute approximate surface area is 286 Å². The van der Waals surface area contributed by atoms with Gasteiger partial charge >= 0.3 is 11.9 Å². The topological polar surface area (TPSA) is 148 Å². The van der Waals surface area contributed by atoms with Gasteiger partial charge in [0.2, 0.25) is 5.91 Å². The van der Waals surface area contributed by atoms with Crippen LogP contribution in [0.4, 0.5) is 0 Å². The zero-order chi connectivity index (χ0) is 34.9. The average molecular weight is 674 g/mol. The highest BCUT2D eigenvalue weighted by atomic mass is 16.5. The maximum Gasteiger partial charge on any atom is 0.306 e. The van der Waals surface area contributed by atoms with Gasteiger partial charge in [-0.25, -0.2) is 0 Å². The first-order valence-electron chi connectivity index (χ1n) is 18.4. The molecule has 0 aliphatic heterocycles. The van der Waals surface area contributed by atoms with Crippen molar-refractivity contribution in [3.8, 4) is 0 Å². The molecule has 5 rings (SSSR count). The Kier molecular flexibility index (Phi) is 11.2. The first-order valence-corrected chi connectivity index (χ1v) is 18.4. The summed E-state index contributed by atoms with van der Waals surface area (Å²) in [6.45, 7) is 14.0. The van der Waals surface area contributed by atoms with E-state index in [1.807, 2.05) is 6.08 Å². The molecular weight excluding hydrogens is 614 g/mol. The molecule has 0 aromatic carbocycles. The molecule has 9 unspecified atom stereocenters. The van der Waals surface area contributed by atoms with Gasteiger partial charge in [-0.15, -0.1) is 0 Å². The molecule has 9 atom stereocenters. The smallest absolute Gasteiger partial charge is 0.306 e. The van der Waals surface area contributed by atoms with Crippen molar-refractivity contribution in [3.63, 3.8) is 0 Å². The molecule has 10 heteroatoms. The Morgan fingerprint density at radius 3 is 2.08 bits per heavy atom. The number of amides is 1. The summed E-state index contributed by atoms with van der Waals surface area (Å²) in [5.41, 5.74) is 0.708. The lowest BCUT2D eigenvalue weighted by Crippen LogP contribution is -2.64. The molecule has 0 aromatic heterocycles. The van der Waals surface area contributed by atoms with Crippen molar-refractivity contribution in [3.05, 3.63) is 11.6 Å². The number of hydrogen-bond donors (Lipinski definition) is 3. The van der Waals surface area contributed by atoms with Gasteiger partial charge in [-0.3, -0.25) is 19.2 Å². The highest BCUT2D eigenvalue weighted by molar-refractivity contribution is 5.95. The molecular formula is C38H59NO9. The van der Waals surface area contributed by atoms with Gasteiger partial charge in [0.1, 0.15) is 0 Å². The molecule has 1 amide bonds. The first kappa shape index (κ1) is 37.0. The van der Waals surface area contributed by atoms with Crippen molar-refractivity contribution in [2.24, 2.45) is 57.2 Å². The van der Waals surface area contributed by atoms with Crippen molar-refractivity contribution >= 4 is 23.6 Å². The minimum Gasteiger partial charge on any atom is -0.481 e. The van der Waals surface area contributed by atoms with Gasteiger partial charge in [-0.05, 0) is 103 Å². The molecule has 270 valence electrons. The Balaban J connectivity index is 1.16. The number of ether oxygens (including phenoxy) is 3. The maximum absolute atomic E-state index is 14.4. The number of carbonyl (C=O) groups excluding carboxylic acids is 2. The third-order valence-electron chi connectivity index (χ3n) is 13.9. The van der Waals surface area contributed by atoms with E-state index in [-0.39, 0.29) is 76.0 Å². The molecule has 0 radical (unpaired) electrons. The van der Waals surface area contributed by atoms with Crippen LogP contribution in [0, 0.1) is 57.2 Å². The maximum atomic E-state index is 14.4. The number of allylic oxidation sites excluding steroid dienone is 2. The highest BCUT2D eigenvalue weighted by Crippen LogP contribution is 2.71. The zero-order valence-corrected chi connectivity index (χ0v) is 29.8. The second kappa shape index (κ2) is 14.5. The van der Waals surface area contributed by atoms with E-state index in [0.717, 1.165) is 51.4 Å². The van der Waals surface area contributed by atoms with Crippen molar-refractivity contribution in [2.45, 2.75) is 98.8 Å². The van der Waals surface area contributed by atoms with E-state index >= 15 is 0 Å². The summed E-state index contributed by atoms with van der Waals surface area (Å²) in [5.74, 6) is -1.11. The summed E-state index contributed by atoms with van der Waals surface area (Å²) < 4.78 is 16.3. The number of ketones is 1. The number of hydrogen-bond acceptors (Lipinski definition) is 7. The van der Waals surface area contributed by atoms with Gasteiger partial charge in [0.15, 0.2) is 5.78 Å². The van der Waals surface area contributed by atoms with Crippen molar-refractivity contribution < 1.29 is 43.6 Å². The van der Waals surface area contributed by atoms with Crippen LogP contribution in [-0.2, 0) is 33.4 Å². The lowest BCUT2D eigenvalue weighted by molar-refractivity contribution is -0.180. The zero-order valence-electron chi connectivity index (χ0n) is 29.8. The largest absolute Gasteiger partial charge is 0.481 e. The summed E-state index contributed by atoms with van der Waals surface area (Å²) in [4.78, 5) is 50.5. The Morgan fingerprint density at radius 1 is 0.792 bits per heavy atom. The second-order valence-corrected chi connectivity index (χ2v) is 16.9. The van der Waals surface area contributed by atoms with E-state index in [4.69, 9.17) is 19.3 Å². The minimum absolute atomic E-state index is 0.0235.